The van der Waals surface area contributed by atoms with Gasteiger partial charge in [0.2, 0.25) is 11.8 Å². The number of likely N-dealkylation sites (tertiary alicyclic amines) is 1. The van der Waals surface area contributed by atoms with Crippen molar-refractivity contribution in [2.45, 2.75) is 38.8 Å². The molecule has 10 heteroatoms. The van der Waals surface area contributed by atoms with Gasteiger partial charge in [-0.15, -0.1) is 12.4 Å². The van der Waals surface area contributed by atoms with E-state index in [-0.39, 0.29) is 31.2 Å². The summed E-state index contributed by atoms with van der Waals surface area (Å²) in [4.78, 5) is 47.4. The van der Waals surface area contributed by atoms with Crippen molar-refractivity contribution in [1.82, 2.24) is 15.7 Å². The van der Waals surface area contributed by atoms with E-state index in [4.69, 9.17) is 10.9 Å². The third-order valence-electron chi connectivity index (χ3n) is 3.28. The van der Waals surface area contributed by atoms with Crippen LogP contribution in [0.15, 0.2) is 0 Å². The molecule has 1 aliphatic heterocycles. The Bertz CT molecular complexity index is 457. The second kappa shape index (κ2) is 8.66. The fourth-order valence-corrected chi connectivity index (χ4v) is 1.89. The molecule has 5 N–H and O–H groups in total. The highest BCUT2D eigenvalue weighted by Gasteiger charge is 2.36. The van der Waals surface area contributed by atoms with Crippen LogP contribution in [0.5, 0.6) is 0 Å². The molecule has 0 saturated carbocycles. The summed E-state index contributed by atoms with van der Waals surface area (Å²) in [6.45, 7) is 2.96. The number of imide groups is 1. The summed E-state index contributed by atoms with van der Waals surface area (Å²) < 4.78 is 0. The van der Waals surface area contributed by atoms with Gasteiger partial charge in [0.15, 0.2) is 0 Å². The van der Waals surface area contributed by atoms with Gasteiger partial charge < -0.3 is 11.1 Å². The highest BCUT2D eigenvalue weighted by Crippen LogP contribution is 2.13. The molecule has 0 aliphatic carbocycles. The zero-order valence-electron chi connectivity index (χ0n) is 12.4. The molecular formula is C12H21ClN4O5. The SMILES string of the molecule is CC(C)[C@H](N)C(=O)N[C@H]1CCC(=O)N(CC(=O)NO)C1=O.Cl. The van der Waals surface area contributed by atoms with Crippen LogP contribution in [0.1, 0.15) is 26.7 Å². The van der Waals surface area contributed by atoms with Crippen LogP contribution in [0.4, 0.5) is 0 Å². The summed E-state index contributed by atoms with van der Waals surface area (Å²) in [5, 5.41) is 10.9. The van der Waals surface area contributed by atoms with Crippen LogP contribution in [0.25, 0.3) is 0 Å². The Hall–Kier alpha value is -1.71. The van der Waals surface area contributed by atoms with Crippen LogP contribution < -0.4 is 16.5 Å². The fraction of sp³-hybridized carbons (Fsp3) is 0.667. The van der Waals surface area contributed by atoms with E-state index in [1.54, 1.807) is 13.8 Å². The molecule has 0 bridgehead atoms. The number of nitrogens with zero attached hydrogens (tertiary/aromatic N) is 1. The number of amides is 4. The molecule has 9 nitrogen and oxygen atoms in total. The average molecular weight is 337 g/mol. The van der Waals surface area contributed by atoms with Crippen LogP contribution in [-0.2, 0) is 19.2 Å². The topological polar surface area (TPSA) is 142 Å². The molecular weight excluding hydrogens is 316 g/mol. The minimum absolute atomic E-state index is 0. The van der Waals surface area contributed by atoms with Gasteiger partial charge >= 0.3 is 0 Å². The lowest BCUT2D eigenvalue weighted by Crippen LogP contribution is -2.58. The fourth-order valence-electron chi connectivity index (χ4n) is 1.89. The predicted octanol–water partition coefficient (Wildman–Crippen LogP) is -1.47. The quantitative estimate of drug-likeness (QED) is 0.274. The van der Waals surface area contributed by atoms with E-state index in [9.17, 15) is 19.2 Å². The van der Waals surface area contributed by atoms with Gasteiger partial charge in [-0.05, 0) is 12.3 Å². The number of carbonyl (C=O) groups is 4. The van der Waals surface area contributed by atoms with Gasteiger partial charge in [-0.3, -0.25) is 29.3 Å². The smallest absolute Gasteiger partial charge is 0.263 e. The number of halogens is 1. The molecule has 0 aromatic carbocycles. The monoisotopic (exact) mass is 336 g/mol. The van der Waals surface area contributed by atoms with Gasteiger partial charge in [0.25, 0.3) is 11.8 Å². The van der Waals surface area contributed by atoms with Crippen molar-refractivity contribution < 1.29 is 24.4 Å². The molecule has 1 aliphatic rings. The summed E-state index contributed by atoms with van der Waals surface area (Å²) in [5.41, 5.74) is 7.04. The Labute approximate surface area is 133 Å². The normalized spacial score (nSPS) is 19.5. The first-order valence-corrected chi connectivity index (χ1v) is 6.61. The number of nitrogens with one attached hydrogen (secondary N) is 2. The van der Waals surface area contributed by atoms with Crippen molar-refractivity contribution in [3.63, 3.8) is 0 Å². The Morgan fingerprint density at radius 2 is 2.00 bits per heavy atom. The molecule has 22 heavy (non-hydrogen) atoms. The Kier molecular flexibility index (Phi) is 7.99. The Balaban J connectivity index is 0.00000441. The minimum atomic E-state index is -0.897. The lowest BCUT2D eigenvalue weighted by atomic mass is 10.0. The highest BCUT2D eigenvalue weighted by atomic mass is 35.5. The lowest BCUT2D eigenvalue weighted by Gasteiger charge is -2.31. The third kappa shape index (κ3) is 4.93. The lowest BCUT2D eigenvalue weighted by molar-refractivity contribution is -0.154. The minimum Gasteiger partial charge on any atom is -0.343 e. The van der Waals surface area contributed by atoms with Gasteiger partial charge in [0, 0.05) is 6.42 Å². The largest absolute Gasteiger partial charge is 0.343 e. The van der Waals surface area contributed by atoms with Crippen molar-refractivity contribution >= 4 is 36.0 Å². The number of nitrogens with two attached hydrogens (primary N) is 1. The molecule has 126 valence electrons. The summed E-state index contributed by atoms with van der Waals surface area (Å²) in [6, 6.07) is -1.66. The molecule has 1 heterocycles. The van der Waals surface area contributed by atoms with E-state index in [1.807, 2.05) is 0 Å². The van der Waals surface area contributed by atoms with Crippen LogP contribution >= 0.6 is 12.4 Å². The molecule has 0 aromatic rings. The molecule has 4 amide bonds. The molecule has 0 radical (unpaired) electrons. The number of rotatable bonds is 5. The van der Waals surface area contributed by atoms with E-state index >= 15 is 0 Å². The van der Waals surface area contributed by atoms with Crippen molar-refractivity contribution in [2.75, 3.05) is 6.54 Å². The van der Waals surface area contributed by atoms with Crippen molar-refractivity contribution in [3.05, 3.63) is 0 Å². The Morgan fingerprint density at radius 3 is 2.50 bits per heavy atom. The standard InChI is InChI=1S/C12H20N4O5.ClH/c1-6(2)10(13)11(19)14-7-3-4-9(18)16(12(7)20)5-8(17)15-21;/h6-7,10,21H,3-5,13H2,1-2H3,(H,14,19)(H,15,17);1H/t7-,10-;/m0./s1. The van der Waals surface area contributed by atoms with E-state index in [2.05, 4.69) is 5.32 Å². The van der Waals surface area contributed by atoms with Gasteiger partial charge in [0.1, 0.15) is 12.6 Å². The Morgan fingerprint density at radius 1 is 1.41 bits per heavy atom. The summed E-state index contributed by atoms with van der Waals surface area (Å²) in [7, 11) is 0. The maximum Gasteiger partial charge on any atom is 0.263 e. The number of carbonyl (C=O) groups excluding carboxylic acids is 4. The van der Waals surface area contributed by atoms with Gasteiger partial charge in [0.05, 0.1) is 6.04 Å². The van der Waals surface area contributed by atoms with Crippen molar-refractivity contribution in [2.24, 2.45) is 11.7 Å². The maximum absolute atomic E-state index is 12.1. The predicted molar refractivity (Wildman–Crippen MR) is 77.9 cm³/mol. The zero-order chi connectivity index (χ0) is 16.2. The van der Waals surface area contributed by atoms with Gasteiger partial charge in [-0.25, -0.2) is 5.48 Å². The first-order chi connectivity index (χ1) is 9.77. The van der Waals surface area contributed by atoms with Gasteiger partial charge in [-0.1, -0.05) is 13.8 Å². The maximum atomic E-state index is 12.1. The molecule has 2 atom stereocenters. The van der Waals surface area contributed by atoms with E-state index in [0.29, 0.717) is 4.90 Å². The number of hydroxylamine groups is 1. The number of piperidine rings is 1. The number of hydrogen-bond donors (Lipinski definition) is 4. The third-order valence-corrected chi connectivity index (χ3v) is 3.28. The van der Waals surface area contributed by atoms with Crippen LogP contribution in [0.3, 0.4) is 0 Å². The van der Waals surface area contributed by atoms with Gasteiger partial charge in [-0.2, -0.15) is 0 Å². The van der Waals surface area contributed by atoms with E-state index in [0.717, 1.165) is 0 Å². The summed E-state index contributed by atoms with van der Waals surface area (Å²) >= 11 is 0. The second-order valence-electron chi connectivity index (χ2n) is 5.22. The van der Waals surface area contributed by atoms with Crippen molar-refractivity contribution in [1.29, 1.82) is 0 Å². The van der Waals surface area contributed by atoms with Crippen molar-refractivity contribution in [3.8, 4) is 0 Å². The average Bonchev–Trinajstić information content (AvgIpc) is 2.44. The second-order valence-corrected chi connectivity index (χ2v) is 5.22. The molecule has 1 fully saturated rings. The first-order valence-electron chi connectivity index (χ1n) is 6.61. The summed E-state index contributed by atoms with van der Waals surface area (Å²) in [5.74, 6) is -2.67. The van der Waals surface area contributed by atoms with E-state index in [1.165, 1.54) is 5.48 Å². The van der Waals surface area contributed by atoms with Crippen LogP contribution in [-0.4, -0.2) is 52.4 Å². The molecule has 0 unspecified atom stereocenters. The summed E-state index contributed by atoms with van der Waals surface area (Å²) in [6.07, 6.45) is 0.178. The molecule has 0 spiro atoms. The van der Waals surface area contributed by atoms with Crippen LogP contribution in [0.2, 0.25) is 0 Å². The molecule has 1 saturated heterocycles. The molecule has 0 aromatic heterocycles. The zero-order valence-corrected chi connectivity index (χ0v) is 13.2. The van der Waals surface area contributed by atoms with Crippen LogP contribution in [0, 0.1) is 5.92 Å². The molecule has 1 rings (SSSR count). The number of hydrogen-bond acceptors (Lipinski definition) is 6. The first kappa shape index (κ1) is 20.3. The highest BCUT2D eigenvalue weighted by molar-refractivity contribution is 6.04. The van der Waals surface area contributed by atoms with E-state index < -0.39 is 42.3 Å².